The Hall–Kier alpha value is -2.36. The van der Waals surface area contributed by atoms with E-state index in [2.05, 4.69) is 9.97 Å². The molecule has 0 unspecified atom stereocenters. The molecule has 0 radical (unpaired) electrons. The molecular formula is C13H12N4. The van der Waals surface area contributed by atoms with Crippen LogP contribution < -0.4 is 5.73 Å². The summed E-state index contributed by atoms with van der Waals surface area (Å²) in [5.41, 5.74) is 9.61. The highest BCUT2D eigenvalue weighted by atomic mass is 15.0. The highest BCUT2D eigenvalue weighted by molar-refractivity contribution is 5.91. The van der Waals surface area contributed by atoms with Gasteiger partial charge in [-0.1, -0.05) is 30.3 Å². The smallest absolute Gasteiger partial charge is 0.126 e. The monoisotopic (exact) mass is 224 g/mol. The summed E-state index contributed by atoms with van der Waals surface area (Å²) in [6.07, 6.45) is 1.78. The minimum atomic E-state index is 0.495. The molecule has 4 heteroatoms. The standard InChI is InChI=1S/C13H12N4/c1-17-8-15-10-7-11(14)16-12(13(10)17)9-5-3-2-4-6-9/h2-8H,1H3,(H2,14,16). The van der Waals surface area contributed by atoms with Gasteiger partial charge in [0.25, 0.3) is 0 Å². The van der Waals surface area contributed by atoms with Gasteiger partial charge in [0.05, 0.1) is 23.1 Å². The van der Waals surface area contributed by atoms with E-state index in [0.29, 0.717) is 5.82 Å². The van der Waals surface area contributed by atoms with Gasteiger partial charge in [-0.05, 0) is 0 Å². The maximum atomic E-state index is 5.81. The molecule has 0 amide bonds. The Labute approximate surface area is 98.7 Å². The normalized spacial score (nSPS) is 10.9. The summed E-state index contributed by atoms with van der Waals surface area (Å²) < 4.78 is 1.96. The summed E-state index contributed by atoms with van der Waals surface area (Å²) in [5.74, 6) is 0.495. The van der Waals surface area contributed by atoms with E-state index >= 15 is 0 Å². The number of fused-ring (bicyclic) bond motifs is 1. The van der Waals surface area contributed by atoms with E-state index in [1.165, 1.54) is 0 Å². The number of hydrogen-bond acceptors (Lipinski definition) is 3. The van der Waals surface area contributed by atoms with E-state index in [1.807, 2.05) is 41.9 Å². The quantitative estimate of drug-likeness (QED) is 0.689. The Balaban J connectivity index is 2.39. The molecule has 2 heterocycles. The number of rotatable bonds is 1. The number of pyridine rings is 1. The second-order valence-corrected chi connectivity index (χ2v) is 3.98. The summed E-state index contributed by atoms with van der Waals surface area (Å²) in [6.45, 7) is 0. The third-order valence-corrected chi connectivity index (χ3v) is 2.76. The van der Waals surface area contributed by atoms with Crippen LogP contribution in [0, 0.1) is 0 Å². The average Bonchev–Trinajstić information content (AvgIpc) is 2.71. The average molecular weight is 224 g/mol. The Kier molecular flexibility index (Phi) is 2.08. The van der Waals surface area contributed by atoms with Crippen LogP contribution in [-0.4, -0.2) is 14.5 Å². The lowest BCUT2D eigenvalue weighted by Gasteiger charge is -2.05. The van der Waals surface area contributed by atoms with Crippen LogP contribution in [0.25, 0.3) is 22.3 Å². The van der Waals surface area contributed by atoms with Crippen LogP contribution in [-0.2, 0) is 7.05 Å². The van der Waals surface area contributed by atoms with Crippen molar-refractivity contribution in [2.75, 3.05) is 5.73 Å². The third kappa shape index (κ3) is 1.54. The van der Waals surface area contributed by atoms with Gasteiger partial charge in [-0.15, -0.1) is 0 Å². The minimum Gasteiger partial charge on any atom is -0.384 e. The molecule has 4 nitrogen and oxygen atoms in total. The van der Waals surface area contributed by atoms with Gasteiger partial charge in [0.1, 0.15) is 5.82 Å². The van der Waals surface area contributed by atoms with Crippen molar-refractivity contribution in [3.05, 3.63) is 42.7 Å². The van der Waals surface area contributed by atoms with Crippen molar-refractivity contribution in [1.82, 2.24) is 14.5 Å². The van der Waals surface area contributed by atoms with E-state index in [0.717, 1.165) is 22.3 Å². The molecule has 0 bridgehead atoms. The summed E-state index contributed by atoms with van der Waals surface area (Å²) >= 11 is 0. The Bertz CT molecular complexity index is 670. The number of aromatic nitrogens is 3. The van der Waals surface area contributed by atoms with Crippen molar-refractivity contribution < 1.29 is 0 Å². The Morgan fingerprint density at radius 1 is 1.18 bits per heavy atom. The molecule has 0 aliphatic rings. The van der Waals surface area contributed by atoms with Crippen molar-refractivity contribution in [3.63, 3.8) is 0 Å². The van der Waals surface area contributed by atoms with E-state index in [1.54, 1.807) is 12.4 Å². The number of aryl methyl sites for hydroxylation is 1. The van der Waals surface area contributed by atoms with E-state index < -0.39 is 0 Å². The number of imidazole rings is 1. The van der Waals surface area contributed by atoms with Crippen LogP contribution >= 0.6 is 0 Å². The van der Waals surface area contributed by atoms with Crippen molar-refractivity contribution in [2.24, 2.45) is 7.05 Å². The molecule has 1 aromatic carbocycles. The highest BCUT2D eigenvalue weighted by Gasteiger charge is 2.10. The van der Waals surface area contributed by atoms with Gasteiger partial charge in [0.2, 0.25) is 0 Å². The van der Waals surface area contributed by atoms with Crippen LogP contribution in [0.3, 0.4) is 0 Å². The summed E-state index contributed by atoms with van der Waals surface area (Å²) in [6, 6.07) is 11.8. The predicted molar refractivity (Wildman–Crippen MR) is 68.4 cm³/mol. The maximum absolute atomic E-state index is 5.81. The van der Waals surface area contributed by atoms with E-state index in [9.17, 15) is 0 Å². The molecule has 17 heavy (non-hydrogen) atoms. The maximum Gasteiger partial charge on any atom is 0.126 e. The second kappa shape index (κ2) is 3.59. The SMILES string of the molecule is Cn1cnc2cc(N)nc(-c3ccccc3)c21. The second-order valence-electron chi connectivity index (χ2n) is 3.98. The van der Waals surface area contributed by atoms with Crippen molar-refractivity contribution in [3.8, 4) is 11.3 Å². The lowest BCUT2D eigenvalue weighted by atomic mass is 10.1. The number of anilines is 1. The van der Waals surface area contributed by atoms with Gasteiger partial charge in [0.15, 0.2) is 0 Å². The van der Waals surface area contributed by atoms with Gasteiger partial charge in [0, 0.05) is 18.7 Å². The molecule has 3 rings (SSSR count). The van der Waals surface area contributed by atoms with Gasteiger partial charge in [-0.25, -0.2) is 9.97 Å². The van der Waals surface area contributed by atoms with Crippen molar-refractivity contribution in [1.29, 1.82) is 0 Å². The third-order valence-electron chi connectivity index (χ3n) is 2.76. The van der Waals surface area contributed by atoms with Crippen LogP contribution in [0.15, 0.2) is 42.7 Å². The van der Waals surface area contributed by atoms with E-state index in [4.69, 9.17) is 5.73 Å². The van der Waals surface area contributed by atoms with Crippen LogP contribution in [0.1, 0.15) is 0 Å². The fraction of sp³-hybridized carbons (Fsp3) is 0.0769. The van der Waals surface area contributed by atoms with Gasteiger partial charge < -0.3 is 10.3 Å². The number of nitrogens with zero attached hydrogens (tertiary/aromatic N) is 3. The van der Waals surface area contributed by atoms with Gasteiger partial charge in [-0.2, -0.15) is 0 Å². The number of benzene rings is 1. The van der Waals surface area contributed by atoms with Crippen molar-refractivity contribution in [2.45, 2.75) is 0 Å². The molecule has 0 atom stereocenters. The summed E-state index contributed by atoms with van der Waals surface area (Å²) in [7, 11) is 1.96. The van der Waals surface area contributed by atoms with Crippen LogP contribution in [0.2, 0.25) is 0 Å². The lowest BCUT2D eigenvalue weighted by molar-refractivity contribution is 0.946. The molecule has 0 fully saturated rings. The molecule has 0 aliphatic heterocycles. The van der Waals surface area contributed by atoms with Gasteiger partial charge >= 0.3 is 0 Å². The molecule has 0 aliphatic carbocycles. The lowest BCUT2D eigenvalue weighted by Crippen LogP contribution is -1.96. The van der Waals surface area contributed by atoms with Crippen molar-refractivity contribution >= 4 is 16.9 Å². The molecule has 0 spiro atoms. The Morgan fingerprint density at radius 3 is 2.71 bits per heavy atom. The first kappa shape index (κ1) is 9.84. The molecule has 2 aromatic heterocycles. The minimum absolute atomic E-state index is 0.495. The molecule has 2 N–H and O–H groups in total. The van der Waals surface area contributed by atoms with Crippen LogP contribution in [0.4, 0.5) is 5.82 Å². The topological polar surface area (TPSA) is 56.7 Å². The zero-order chi connectivity index (χ0) is 11.8. The number of hydrogen-bond donors (Lipinski definition) is 1. The molecule has 3 aromatic rings. The first-order valence-corrected chi connectivity index (χ1v) is 5.38. The first-order valence-electron chi connectivity index (χ1n) is 5.38. The molecule has 84 valence electrons. The highest BCUT2D eigenvalue weighted by Crippen LogP contribution is 2.27. The molecular weight excluding hydrogens is 212 g/mol. The van der Waals surface area contributed by atoms with Gasteiger partial charge in [-0.3, -0.25) is 0 Å². The zero-order valence-electron chi connectivity index (χ0n) is 9.46. The zero-order valence-corrected chi connectivity index (χ0v) is 9.46. The predicted octanol–water partition coefficient (Wildman–Crippen LogP) is 2.22. The van der Waals surface area contributed by atoms with Crippen LogP contribution in [0.5, 0.6) is 0 Å². The fourth-order valence-corrected chi connectivity index (χ4v) is 1.99. The molecule has 0 saturated carbocycles. The summed E-state index contributed by atoms with van der Waals surface area (Å²) in [4.78, 5) is 8.73. The summed E-state index contributed by atoms with van der Waals surface area (Å²) in [5, 5.41) is 0. The first-order chi connectivity index (χ1) is 8.25. The van der Waals surface area contributed by atoms with E-state index in [-0.39, 0.29) is 0 Å². The Morgan fingerprint density at radius 2 is 1.94 bits per heavy atom. The number of nitrogen functional groups attached to an aromatic ring is 1. The molecule has 0 saturated heterocycles. The number of nitrogens with two attached hydrogens (primary N) is 1. The largest absolute Gasteiger partial charge is 0.384 e. The fourth-order valence-electron chi connectivity index (χ4n) is 1.99.